The lowest BCUT2D eigenvalue weighted by Crippen LogP contribution is -2.26. The molecule has 114 valence electrons. The monoisotopic (exact) mass is 293 g/mol. The lowest BCUT2D eigenvalue weighted by Gasteiger charge is -2.20. The highest BCUT2D eigenvalue weighted by atomic mass is 16.1. The number of hydrogen-bond donors (Lipinski definition) is 1. The number of carbonyl (C=O) groups excluding carboxylic acids is 1. The predicted molar refractivity (Wildman–Crippen MR) is 90.1 cm³/mol. The van der Waals surface area contributed by atoms with Crippen molar-refractivity contribution in [3.63, 3.8) is 0 Å². The Bertz CT molecular complexity index is 673. The molecular formula is C20H23NO. The summed E-state index contributed by atoms with van der Waals surface area (Å²) in [5.74, 6) is -0.00905. The van der Waals surface area contributed by atoms with Crippen LogP contribution < -0.4 is 5.32 Å². The first-order valence-electron chi connectivity index (χ1n) is 8.13. The van der Waals surface area contributed by atoms with Crippen LogP contribution in [0.25, 0.3) is 0 Å². The summed E-state index contributed by atoms with van der Waals surface area (Å²) < 4.78 is 0. The highest BCUT2D eigenvalue weighted by Crippen LogP contribution is 2.24. The van der Waals surface area contributed by atoms with E-state index in [4.69, 9.17) is 0 Å². The molecule has 2 aromatic rings. The fraction of sp³-hybridized carbons (Fsp3) is 0.350. The molecule has 0 aromatic heterocycles. The van der Waals surface area contributed by atoms with E-state index in [0.29, 0.717) is 0 Å². The number of aryl methyl sites for hydroxylation is 3. The molecule has 1 aliphatic rings. The SMILES string of the molecule is Cc1ccc(C(=O)NC(C)c2ccc3c(c2)CCCC3)cc1. The van der Waals surface area contributed by atoms with Crippen molar-refractivity contribution in [2.75, 3.05) is 0 Å². The lowest BCUT2D eigenvalue weighted by molar-refractivity contribution is 0.0940. The van der Waals surface area contributed by atoms with Crippen LogP contribution in [0.3, 0.4) is 0 Å². The Morgan fingerprint density at radius 3 is 2.41 bits per heavy atom. The second-order valence-electron chi connectivity index (χ2n) is 6.30. The van der Waals surface area contributed by atoms with Crippen LogP contribution in [-0.4, -0.2) is 5.91 Å². The summed E-state index contributed by atoms with van der Waals surface area (Å²) in [6.07, 6.45) is 4.94. The standard InChI is InChI=1S/C20H23NO/c1-14-7-9-17(10-8-14)20(22)21-15(2)18-12-11-16-5-3-4-6-19(16)13-18/h7-13,15H,3-6H2,1-2H3,(H,21,22). The van der Waals surface area contributed by atoms with Crippen LogP contribution in [-0.2, 0) is 12.8 Å². The van der Waals surface area contributed by atoms with Gasteiger partial charge in [0.1, 0.15) is 0 Å². The van der Waals surface area contributed by atoms with Gasteiger partial charge in [-0.25, -0.2) is 0 Å². The summed E-state index contributed by atoms with van der Waals surface area (Å²) in [4.78, 5) is 12.3. The van der Waals surface area contributed by atoms with Gasteiger partial charge in [-0.15, -0.1) is 0 Å². The van der Waals surface area contributed by atoms with E-state index in [0.717, 1.165) is 5.56 Å². The molecule has 1 N–H and O–H groups in total. The number of carbonyl (C=O) groups is 1. The molecule has 1 unspecified atom stereocenters. The Hall–Kier alpha value is -2.09. The first kappa shape index (κ1) is 14.8. The molecule has 1 amide bonds. The van der Waals surface area contributed by atoms with E-state index in [2.05, 4.69) is 30.4 Å². The molecule has 0 saturated carbocycles. The third-order valence-corrected chi connectivity index (χ3v) is 4.53. The molecule has 1 atom stereocenters. The largest absolute Gasteiger partial charge is 0.346 e. The fourth-order valence-corrected chi connectivity index (χ4v) is 3.09. The molecule has 3 rings (SSSR count). The molecule has 2 nitrogen and oxygen atoms in total. The minimum absolute atomic E-state index is 0.00905. The topological polar surface area (TPSA) is 29.1 Å². The summed E-state index contributed by atoms with van der Waals surface area (Å²) in [6, 6.07) is 14.4. The van der Waals surface area contributed by atoms with Crippen LogP contribution in [0.2, 0.25) is 0 Å². The van der Waals surface area contributed by atoms with Gasteiger partial charge in [-0.3, -0.25) is 4.79 Å². The average molecular weight is 293 g/mol. The van der Waals surface area contributed by atoms with Crippen molar-refractivity contribution >= 4 is 5.91 Å². The molecule has 0 spiro atoms. The molecule has 2 heteroatoms. The van der Waals surface area contributed by atoms with E-state index >= 15 is 0 Å². The molecule has 2 aromatic carbocycles. The number of nitrogens with one attached hydrogen (secondary N) is 1. The maximum Gasteiger partial charge on any atom is 0.251 e. The fourth-order valence-electron chi connectivity index (χ4n) is 3.09. The van der Waals surface area contributed by atoms with E-state index in [1.807, 2.05) is 31.2 Å². The minimum atomic E-state index is -0.00905. The lowest BCUT2D eigenvalue weighted by atomic mass is 9.89. The Morgan fingerprint density at radius 1 is 1.00 bits per heavy atom. The van der Waals surface area contributed by atoms with E-state index in [-0.39, 0.29) is 11.9 Å². The number of hydrogen-bond acceptors (Lipinski definition) is 1. The molecular weight excluding hydrogens is 270 g/mol. The number of amides is 1. The van der Waals surface area contributed by atoms with Gasteiger partial charge in [-0.05, 0) is 68.4 Å². The Labute approximate surface area is 132 Å². The van der Waals surface area contributed by atoms with Crippen molar-refractivity contribution in [3.8, 4) is 0 Å². The normalized spacial score (nSPS) is 15.0. The molecule has 22 heavy (non-hydrogen) atoms. The van der Waals surface area contributed by atoms with Crippen molar-refractivity contribution < 1.29 is 4.79 Å². The van der Waals surface area contributed by atoms with Crippen LogP contribution in [0.1, 0.15) is 58.4 Å². The number of fused-ring (bicyclic) bond motifs is 1. The Kier molecular flexibility index (Phi) is 4.28. The Morgan fingerprint density at radius 2 is 1.68 bits per heavy atom. The van der Waals surface area contributed by atoms with E-state index in [1.165, 1.54) is 47.9 Å². The second kappa shape index (κ2) is 6.35. The van der Waals surface area contributed by atoms with Gasteiger partial charge in [-0.1, -0.05) is 35.9 Å². The Balaban J connectivity index is 1.72. The number of rotatable bonds is 3. The second-order valence-corrected chi connectivity index (χ2v) is 6.30. The smallest absolute Gasteiger partial charge is 0.251 e. The van der Waals surface area contributed by atoms with Gasteiger partial charge in [0.25, 0.3) is 5.91 Å². The maximum absolute atomic E-state index is 12.3. The highest BCUT2D eigenvalue weighted by molar-refractivity contribution is 5.94. The van der Waals surface area contributed by atoms with Crippen LogP contribution in [0.4, 0.5) is 0 Å². The van der Waals surface area contributed by atoms with Crippen LogP contribution >= 0.6 is 0 Å². The van der Waals surface area contributed by atoms with E-state index in [1.54, 1.807) is 0 Å². The van der Waals surface area contributed by atoms with Crippen LogP contribution in [0, 0.1) is 6.92 Å². The van der Waals surface area contributed by atoms with Crippen molar-refractivity contribution in [1.82, 2.24) is 5.32 Å². The molecule has 0 radical (unpaired) electrons. The third kappa shape index (κ3) is 3.22. The van der Waals surface area contributed by atoms with Gasteiger partial charge >= 0.3 is 0 Å². The van der Waals surface area contributed by atoms with Gasteiger partial charge in [0.2, 0.25) is 0 Å². The van der Waals surface area contributed by atoms with E-state index < -0.39 is 0 Å². The predicted octanol–water partition coefficient (Wildman–Crippen LogP) is 4.36. The molecule has 0 aliphatic heterocycles. The maximum atomic E-state index is 12.3. The van der Waals surface area contributed by atoms with Gasteiger partial charge in [-0.2, -0.15) is 0 Å². The summed E-state index contributed by atoms with van der Waals surface area (Å²) in [5.41, 5.74) is 6.02. The number of benzene rings is 2. The molecule has 0 fully saturated rings. The summed E-state index contributed by atoms with van der Waals surface area (Å²) in [6.45, 7) is 4.08. The van der Waals surface area contributed by atoms with Gasteiger partial charge < -0.3 is 5.32 Å². The third-order valence-electron chi connectivity index (χ3n) is 4.53. The van der Waals surface area contributed by atoms with Crippen molar-refractivity contribution in [2.24, 2.45) is 0 Å². The summed E-state index contributed by atoms with van der Waals surface area (Å²) in [5, 5.41) is 3.10. The van der Waals surface area contributed by atoms with Crippen molar-refractivity contribution in [3.05, 3.63) is 70.3 Å². The zero-order valence-corrected chi connectivity index (χ0v) is 13.4. The highest BCUT2D eigenvalue weighted by Gasteiger charge is 2.14. The van der Waals surface area contributed by atoms with Crippen LogP contribution in [0.5, 0.6) is 0 Å². The minimum Gasteiger partial charge on any atom is -0.346 e. The summed E-state index contributed by atoms with van der Waals surface area (Å²) >= 11 is 0. The van der Waals surface area contributed by atoms with Gasteiger partial charge in [0.15, 0.2) is 0 Å². The molecule has 0 bridgehead atoms. The molecule has 1 aliphatic carbocycles. The zero-order chi connectivity index (χ0) is 15.5. The van der Waals surface area contributed by atoms with Crippen LogP contribution in [0.15, 0.2) is 42.5 Å². The molecule has 0 heterocycles. The van der Waals surface area contributed by atoms with Crippen molar-refractivity contribution in [1.29, 1.82) is 0 Å². The average Bonchev–Trinajstić information content (AvgIpc) is 2.55. The van der Waals surface area contributed by atoms with Crippen molar-refractivity contribution in [2.45, 2.75) is 45.6 Å². The zero-order valence-electron chi connectivity index (χ0n) is 13.4. The molecule has 0 saturated heterocycles. The van der Waals surface area contributed by atoms with E-state index in [9.17, 15) is 4.79 Å². The quantitative estimate of drug-likeness (QED) is 0.894. The van der Waals surface area contributed by atoms with Gasteiger partial charge in [0, 0.05) is 5.56 Å². The summed E-state index contributed by atoms with van der Waals surface area (Å²) in [7, 11) is 0. The van der Waals surface area contributed by atoms with Gasteiger partial charge in [0.05, 0.1) is 6.04 Å². The first-order chi connectivity index (χ1) is 10.6. The first-order valence-corrected chi connectivity index (χ1v) is 8.13.